The molecular weight excluding hydrogens is 208 g/mol. The fourth-order valence-electron chi connectivity index (χ4n) is 0.876. The molecule has 6 heteroatoms. The number of aromatic carboxylic acids is 1. The summed E-state index contributed by atoms with van der Waals surface area (Å²) in [5.41, 5.74) is -0.186. The molecule has 0 aromatic carbocycles. The van der Waals surface area contributed by atoms with Crippen molar-refractivity contribution in [1.82, 2.24) is 4.98 Å². The summed E-state index contributed by atoms with van der Waals surface area (Å²) >= 11 is 0. The molecule has 0 radical (unpaired) electrons. The van der Waals surface area contributed by atoms with Crippen LogP contribution in [0, 0.1) is 0 Å². The average Bonchev–Trinajstić information content (AvgIpc) is 2.14. The number of ether oxygens (including phenoxy) is 1. The molecule has 15 heavy (non-hydrogen) atoms. The molecule has 4 nitrogen and oxygen atoms in total. The smallest absolute Gasteiger partial charge is 0.339 e. The van der Waals surface area contributed by atoms with E-state index in [9.17, 15) is 13.6 Å². The molecule has 0 saturated carbocycles. The van der Waals surface area contributed by atoms with Crippen molar-refractivity contribution < 1.29 is 23.4 Å². The van der Waals surface area contributed by atoms with Gasteiger partial charge in [-0.15, -0.1) is 0 Å². The zero-order valence-electron chi connectivity index (χ0n) is 7.91. The molecule has 1 aromatic rings. The van der Waals surface area contributed by atoms with Crippen molar-refractivity contribution in [2.24, 2.45) is 0 Å². The monoisotopic (exact) mass is 217 g/mol. The van der Waals surface area contributed by atoms with E-state index in [1.807, 2.05) is 0 Å². The number of hydrogen-bond acceptors (Lipinski definition) is 3. The fourth-order valence-corrected chi connectivity index (χ4v) is 0.876. The third kappa shape index (κ3) is 3.49. The number of nitrogens with zero attached hydrogens (tertiary/aromatic N) is 1. The molecule has 0 aliphatic heterocycles. The second-order valence-corrected chi connectivity index (χ2v) is 3.04. The first-order valence-electron chi connectivity index (χ1n) is 4.08. The van der Waals surface area contributed by atoms with Gasteiger partial charge in [-0.25, -0.2) is 13.6 Å². The van der Waals surface area contributed by atoms with E-state index in [0.29, 0.717) is 6.92 Å². The molecule has 1 N–H and O–H groups in total. The van der Waals surface area contributed by atoms with Crippen molar-refractivity contribution in [2.75, 3.05) is 6.61 Å². The lowest BCUT2D eigenvalue weighted by atomic mass is 10.2. The Morgan fingerprint density at radius 1 is 1.67 bits per heavy atom. The number of aromatic nitrogens is 1. The van der Waals surface area contributed by atoms with E-state index in [4.69, 9.17) is 5.11 Å². The highest BCUT2D eigenvalue weighted by Gasteiger charge is 2.23. The topological polar surface area (TPSA) is 59.4 Å². The SMILES string of the molecule is CC(F)(F)COc1cnccc1C(=O)O. The van der Waals surface area contributed by atoms with E-state index < -0.39 is 18.5 Å². The van der Waals surface area contributed by atoms with E-state index in [1.54, 1.807) is 0 Å². The lowest BCUT2D eigenvalue weighted by molar-refractivity contribution is -0.0234. The predicted octanol–water partition coefficient (Wildman–Crippen LogP) is 1.81. The van der Waals surface area contributed by atoms with E-state index >= 15 is 0 Å². The minimum Gasteiger partial charge on any atom is -0.485 e. The second-order valence-electron chi connectivity index (χ2n) is 3.04. The van der Waals surface area contributed by atoms with E-state index in [-0.39, 0.29) is 11.3 Å². The summed E-state index contributed by atoms with van der Waals surface area (Å²) in [5, 5.41) is 8.70. The third-order valence-electron chi connectivity index (χ3n) is 1.50. The number of rotatable bonds is 4. The molecule has 0 spiro atoms. The molecule has 0 saturated heterocycles. The largest absolute Gasteiger partial charge is 0.485 e. The number of carbonyl (C=O) groups is 1. The molecule has 0 aliphatic carbocycles. The average molecular weight is 217 g/mol. The Kier molecular flexibility index (Phi) is 3.18. The van der Waals surface area contributed by atoms with Crippen LogP contribution in [-0.2, 0) is 0 Å². The molecule has 0 aliphatic rings. The molecule has 0 unspecified atom stereocenters. The number of pyridine rings is 1. The summed E-state index contributed by atoms with van der Waals surface area (Å²) in [6, 6.07) is 1.19. The number of halogens is 2. The van der Waals surface area contributed by atoms with Crippen molar-refractivity contribution in [3.05, 3.63) is 24.0 Å². The van der Waals surface area contributed by atoms with Gasteiger partial charge in [-0.05, 0) is 6.07 Å². The Morgan fingerprint density at radius 3 is 2.87 bits per heavy atom. The van der Waals surface area contributed by atoms with Crippen molar-refractivity contribution in [2.45, 2.75) is 12.8 Å². The van der Waals surface area contributed by atoms with Crippen LogP contribution in [-0.4, -0.2) is 28.6 Å². The van der Waals surface area contributed by atoms with Crippen molar-refractivity contribution in [3.8, 4) is 5.75 Å². The van der Waals surface area contributed by atoms with Crippen molar-refractivity contribution in [1.29, 1.82) is 0 Å². The molecule has 1 heterocycles. The molecule has 0 amide bonds. The van der Waals surface area contributed by atoms with Gasteiger partial charge >= 0.3 is 5.97 Å². The Labute approximate surface area is 84.5 Å². The Bertz CT molecular complexity index is 363. The Hall–Kier alpha value is -1.72. The number of alkyl halides is 2. The summed E-state index contributed by atoms with van der Waals surface area (Å²) in [5.74, 6) is -4.41. The van der Waals surface area contributed by atoms with Gasteiger partial charge in [0.25, 0.3) is 5.92 Å². The maximum atomic E-state index is 12.4. The van der Waals surface area contributed by atoms with Crippen LogP contribution in [0.3, 0.4) is 0 Å². The molecule has 0 bridgehead atoms. The minimum absolute atomic E-state index is 0.161. The van der Waals surface area contributed by atoms with Crippen LogP contribution in [0.25, 0.3) is 0 Å². The summed E-state index contributed by atoms with van der Waals surface area (Å²) in [7, 11) is 0. The van der Waals surface area contributed by atoms with Crippen LogP contribution in [0.2, 0.25) is 0 Å². The van der Waals surface area contributed by atoms with E-state index in [0.717, 1.165) is 6.20 Å². The van der Waals surface area contributed by atoms with Crippen LogP contribution < -0.4 is 4.74 Å². The number of carboxylic acid groups (broad SMARTS) is 1. The first-order chi connectivity index (χ1) is 6.90. The normalized spacial score (nSPS) is 11.1. The van der Waals surface area contributed by atoms with Crippen molar-refractivity contribution in [3.63, 3.8) is 0 Å². The summed E-state index contributed by atoms with van der Waals surface area (Å²) in [6.07, 6.45) is 2.34. The molecule has 82 valence electrons. The first-order valence-corrected chi connectivity index (χ1v) is 4.08. The standard InChI is InChI=1S/C9H9F2NO3/c1-9(10,11)5-15-7-4-12-3-2-6(7)8(13)14/h2-4H,5H2,1H3,(H,13,14). The summed E-state index contributed by atoms with van der Waals surface area (Å²) in [6.45, 7) is -0.192. The van der Waals surface area contributed by atoms with Gasteiger partial charge in [-0.1, -0.05) is 0 Å². The van der Waals surface area contributed by atoms with Crippen LogP contribution in [0.1, 0.15) is 17.3 Å². The van der Waals surface area contributed by atoms with Gasteiger partial charge in [0.05, 0.1) is 6.20 Å². The van der Waals surface area contributed by atoms with Crippen LogP contribution in [0.5, 0.6) is 5.75 Å². The third-order valence-corrected chi connectivity index (χ3v) is 1.50. The van der Waals surface area contributed by atoms with Gasteiger partial charge in [-0.2, -0.15) is 0 Å². The summed E-state index contributed by atoms with van der Waals surface area (Å²) < 4.78 is 29.6. The Balaban J connectivity index is 2.81. The van der Waals surface area contributed by atoms with Gasteiger partial charge in [0.2, 0.25) is 0 Å². The highest BCUT2D eigenvalue weighted by Crippen LogP contribution is 2.19. The lowest BCUT2D eigenvalue weighted by Crippen LogP contribution is -2.21. The molecular formula is C9H9F2NO3. The van der Waals surface area contributed by atoms with Gasteiger partial charge < -0.3 is 9.84 Å². The lowest BCUT2D eigenvalue weighted by Gasteiger charge is -2.12. The quantitative estimate of drug-likeness (QED) is 0.835. The number of hydrogen-bond donors (Lipinski definition) is 1. The first kappa shape index (κ1) is 11.4. The number of carboxylic acids is 1. The molecule has 0 atom stereocenters. The van der Waals surface area contributed by atoms with Gasteiger partial charge in [-0.3, -0.25) is 4.98 Å². The summed E-state index contributed by atoms with van der Waals surface area (Å²) in [4.78, 5) is 14.2. The zero-order chi connectivity index (χ0) is 11.5. The fraction of sp³-hybridized carbons (Fsp3) is 0.333. The second kappa shape index (κ2) is 4.20. The Morgan fingerprint density at radius 2 is 2.33 bits per heavy atom. The highest BCUT2D eigenvalue weighted by atomic mass is 19.3. The van der Waals surface area contributed by atoms with Gasteiger partial charge in [0.1, 0.15) is 5.56 Å². The van der Waals surface area contributed by atoms with Crippen LogP contribution in [0.4, 0.5) is 8.78 Å². The van der Waals surface area contributed by atoms with Gasteiger partial charge in [0.15, 0.2) is 12.4 Å². The maximum absolute atomic E-state index is 12.4. The predicted molar refractivity (Wildman–Crippen MR) is 47.3 cm³/mol. The molecule has 1 aromatic heterocycles. The molecule has 1 rings (SSSR count). The van der Waals surface area contributed by atoms with E-state index in [1.165, 1.54) is 12.3 Å². The van der Waals surface area contributed by atoms with E-state index in [2.05, 4.69) is 9.72 Å². The maximum Gasteiger partial charge on any atom is 0.339 e. The minimum atomic E-state index is -3.01. The van der Waals surface area contributed by atoms with Crippen LogP contribution in [0.15, 0.2) is 18.5 Å². The molecule has 0 fully saturated rings. The van der Waals surface area contributed by atoms with Crippen LogP contribution >= 0.6 is 0 Å². The zero-order valence-corrected chi connectivity index (χ0v) is 7.91. The highest BCUT2D eigenvalue weighted by molar-refractivity contribution is 5.90. The van der Waals surface area contributed by atoms with Gasteiger partial charge in [0, 0.05) is 13.1 Å². The van der Waals surface area contributed by atoms with Crippen molar-refractivity contribution >= 4 is 5.97 Å².